The predicted molar refractivity (Wildman–Crippen MR) is 91.6 cm³/mol. The summed E-state index contributed by atoms with van der Waals surface area (Å²) >= 11 is 6.16. The summed E-state index contributed by atoms with van der Waals surface area (Å²) in [6.45, 7) is 1.71. The molecule has 2 aromatic heterocycles. The Labute approximate surface area is 143 Å². The topological polar surface area (TPSA) is 80.3 Å². The molecule has 0 aliphatic rings. The third-order valence-electron chi connectivity index (χ3n) is 3.59. The molecule has 0 spiro atoms. The Balaban J connectivity index is 1.83. The molecule has 124 valence electrons. The number of aliphatic hydroxyl groups is 1. The van der Waals surface area contributed by atoms with Crippen molar-refractivity contribution >= 4 is 17.3 Å². The monoisotopic (exact) mass is 345 g/mol. The summed E-state index contributed by atoms with van der Waals surface area (Å²) in [5.41, 5.74) is -0.717. The maximum atomic E-state index is 12.4. The van der Waals surface area contributed by atoms with Crippen LogP contribution in [0.2, 0.25) is 5.02 Å². The molecule has 0 bridgehead atoms. The van der Waals surface area contributed by atoms with Gasteiger partial charge in [0.25, 0.3) is 5.56 Å². The number of rotatable bonds is 5. The van der Waals surface area contributed by atoms with Crippen LogP contribution >= 0.6 is 11.6 Å². The minimum atomic E-state index is -1.25. The molecule has 2 N–H and O–H groups in total. The Morgan fingerprint density at radius 3 is 2.71 bits per heavy atom. The molecule has 3 rings (SSSR count). The number of halogens is 1. The van der Waals surface area contributed by atoms with Gasteiger partial charge in [-0.05, 0) is 31.2 Å². The fourth-order valence-corrected chi connectivity index (χ4v) is 2.44. The quantitative estimate of drug-likeness (QED) is 0.743. The van der Waals surface area contributed by atoms with E-state index in [0.717, 1.165) is 0 Å². The lowest BCUT2D eigenvalue weighted by Crippen LogP contribution is -2.31. The maximum absolute atomic E-state index is 12.4. The van der Waals surface area contributed by atoms with E-state index in [0.29, 0.717) is 17.1 Å². The van der Waals surface area contributed by atoms with Crippen molar-refractivity contribution < 1.29 is 9.52 Å². The van der Waals surface area contributed by atoms with Crippen LogP contribution in [-0.4, -0.2) is 21.4 Å². The number of hydrogen-bond acceptors (Lipinski definition) is 5. The van der Waals surface area contributed by atoms with Crippen LogP contribution in [0, 0.1) is 0 Å². The van der Waals surface area contributed by atoms with Crippen LogP contribution in [0.4, 0.5) is 5.69 Å². The number of hydrogen-bond donors (Lipinski definition) is 2. The van der Waals surface area contributed by atoms with Gasteiger partial charge in [0, 0.05) is 0 Å². The molecule has 0 aliphatic heterocycles. The maximum Gasteiger partial charge on any atom is 0.292 e. The molecule has 0 aliphatic carbocycles. The average molecular weight is 346 g/mol. The molecule has 0 saturated carbocycles. The molecule has 6 nitrogen and oxygen atoms in total. The second-order valence-electron chi connectivity index (χ2n) is 5.53. The Kier molecular flexibility index (Phi) is 4.42. The van der Waals surface area contributed by atoms with Crippen LogP contribution in [0.15, 0.2) is 64.1 Å². The van der Waals surface area contributed by atoms with Crippen molar-refractivity contribution in [2.45, 2.75) is 12.5 Å². The number of para-hydroxylation sites is 1. The van der Waals surface area contributed by atoms with Crippen LogP contribution < -0.4 is 10.9 Å². The lowest BCUT2D eigenvalue weighted by molar-refractivity contribution is 0.0476. The van der Waals surface area contributed by atoms with E-state index in [1.807, 2.05) is 18.2 Å². The Morgan fingerprint density at radius 2 is 2.04 bits per heavy atom. The molecule has 1 aromatic carbocycles. The zero-order chi connectivity index (χ0) is 17.2. The normalized spacial score (nSPS) is 13.5. The zero-order valence-electron chi connectivity index (χ0n) is 12.9. The van der Waals surface area contributed by atoms with Crippen LogP contribution in [0.3, 0.4) is 0 Å². The van der Waals surface area contributed by atoms with E-state index in [4.69, 9.17) is 16.0 Å². The molecule has 24 heavy (non-hydrogen) atoms. The first kappa shape index (κ1) is 16.3. The van der Waals surface area contributed by atoms with Gasteiger partial charge in [-0.3, -0.25) is 4.79 Å². The van der Waals surface area contributed by atoms with Gasteiger partial charge >= 0.3 is 0 Å². The average Bonchev–Trinajstić information content (AvgIpc) is 3.12. The van der Waals surface area contributed by atoms with Crippen LogP contribution in [0.5, 0.6) is 0 Å². The molecule has 0 fully saturated rings. The molecule has 0 amide bonds. The van der Waals surface area contributed by atoms with Crippen molar-refractivity contribution in [2.24, 2.45) is 0 Å². The van der Waals surface area contributed by atoms with Crippen molar-refractivity contribution in [1.29, 1.82) is 0 Å². The molecule has 3 aromatic rings. The van der Waals surface area contributed by atoms with Crippen molar-refractivity contribution in [2.75, 3.05) is 11.9 Å². The van der Waals surface area contributed by atoms with Gasteiger partial charge in [-0.2, -0.15) is 9.78 Å². The lowest BCUT2D eigenvalue weighted by atomic mass is 10.0. The van der Waals surface area contributed by atoms with E-state index in [2.05, 4.69) is 10.4 Å². The van der Waals surface area contributed by atoms with E-state index >= 15 is 0 Å². The second kappa shape index (κ2) is 6.51. The second-order valence-corrected chi connectivity index (χ2v) is 5.91. The molecule has 7 heteroatoms. The number of furan rings is 1. The molecule has 1 unspecified atom stereocenters. The van der Waals surface area contributed by atoms with Gasteiger partial charge < -0.3 is 14.8 Å². The summed E-state index contributed by atoms with van der Waals surface area (Å²) in [6.07, 6.45) is 2.94. The van der Waals surface area contributed by atoms with Gasteiger partial charge in [0.15, 0.2) is 0 Å². The summed E-state index contributed by atoms with van der Waals surface area (Å²) in [7, 11) is 0. The molecular weight excluding hydrogens is 330 g/mol. The number of anilines is 1. The first-order valence-corrected chi connectivity index (χ1v) is 7.70. The predicted octanol–water partition coefficient (Wildman–Crippen LogP) is 2.80. The fourth-order valence-electron chi connectivity index (χ4n) is 2.25. The third-order valence-corrected chi connectivity index (χ3v) is 3.96. The first-order valence-electron chi connectivity index (χ1n) is 7.32. The minimum absolute atomic E-state index is 0.00379. The van der Waals surface area contributed by atoms with Gasteiger partial charge in [-0.25, -0.2) is 0 Å². The van der Waals surface area contributed by atoms with Crippen molar-refractivity contribution in [1.82, 2.24) is 9.78 Å². The minimum Gasteiger partial charge on any atom is -0.466 e. The summed E-state index contributed by atoms with van der Waals surface area (Å²) in [4.78, 5) is 12.4. The number of nitrogens with one attached hydrogen (secondary N) is 1. The van der Waals surface area contributed by atoms with E-state index in [-0.39, 0.29) is 11.6 Å². The summed E-state index contributed by atoms with van der Waals surface area (Å²) in [5, 5.41) is 17.5. The summed E-state index contributed by atoms with van der Waals surface area (Å²) in [6, 6.07) is 12.4. The van der Waals surface area contributed by atoms with Crippen molar-refractivity contribution in [3.05, 3.63) is 76.1 Å². The molecular formula is C17H16ClN3O3. The highest BCUT2D eigenvalue weighted by atomic mass is 35.5. The number of nitrogens with zero attached hydrogens (tertiary/aromatic N) is 2. The fraction of sp³-hybridized carbons (Fsp3) is 0.176. The molecule has 2 heterocycles. The van der Waals surface area contributed by atoms with E-state index < -0.39 is 11.2 Å². The van der Waals surface area contributed by atoms with Gasteiger partial charge in [-0.1, -0.05) is 29.8 Å². The number of benzene rings is 1. The molecule has 0 saturated heterocycles. The zero-order valence-corrected chi connectivity index (χ0v) is 13.7. The number of aromatic nitrogens is 2. The largest absolute Gasteiger partial charge is 0.466 e. The van der Waals surface area contributed by atoms with Gasteiger partial charge in [0.1, 0.15) is 16.4 Å². The molecule has 1 atom stereocenters. The lowest BCUT2D eigenvalue weighted by Gasteiger charge is -2.22. The highest BCUT2D eigenvalue weighted by Gasteiger charge is 2.26. The highest BCUT2D eigenvalue weighted by molar-refractivity contribution is 6.32. The standard InChI is InChI=1S/C17H16ClN3O3/c1-17(23,14-8-5-9-24-14)11-19-13-10-20-21(16(22)15(13)18)12-6-3-2-4-7-12/h2-10,19,23H,11H2,1H3. The van der Waals surface area contributed by atoms with E-state index in [1.165, 1.54) is 17.1 Å². The third kappa shape index (κ3) is 3.20. The van der Waals surface area contributed by atoms with Crippen molar-refractivity contribution in [3.8, 4) is 5.69 Å². The molecule has 0 radical (unpaired) electrons. The SMILES string of the molecule is CC(O)(CNc1cnn(-c2ccccc2)c(=O)c1Cl)c1ccco1. The van der Waals surface area contributed by atoms with Gasteiger partial charge in [0.2, 0.25) is 0 Å². The highest BCUT2D eigenvalue weighted by Crippen LogP contribution is 2.23. The summed E-state index contributed by atoms with van der Waals surface area (Å²) < 4.78 is 6.43. The van der Waals surface area contributed by atoms with Gasteiger partial charge in [-0.15, -0.1) is 0 Å². The van der Waals surface area contributed by atoms with Crippen LogP contribution in [-0.2, 0) is 5.60 Å². The van der Waals surface area contributed by atoms with E-state index in [9.17, 15) is 9.90 Å². The van der Waals surface area contributed by atoms with Gasteiger partial charge in [0.05, 0.1) is 30.4 Å². The smallest absolute Gasteiger partial charge is 0.292 e. The Hall–Kier alpha value is -2.57. The van der Waals surface area contributed by atoms with Crippen LogP contribution in [0.25, 0.3) is 5.69 Å². The first-order chi connectivity index (χ1) is 11.5. The Bertz CT molecular complexity index is 874. The van der Waals surface area contributed by atoms with E-state index in [1.54, 1.807) is 31.2 Å². The summed E-state index contributed by atoms with van der Waals surface area (Å²) in [5.74, 6) is 0.414. The van der Waals surface area contributed by atoms with Crippen LogP contribution in [0.1, 0.15) is 12.7 Å². The Morgan fingerprint density at radius 1 is 1.29 bits per heavy atom. The van der Waals surface area contributed by atoms with Crippen molar-refractivity contribution in [3.63, 3.8) is 0 Å².